The zero-order valence-electron chi connectivity index (χ0n) is 17.1. The Hall–Kier alpha value is -2.08. The lowest BCUT2D eigenvalue weighted by atomic mass is 10.1. The third-order valence-electron chi connectivity index (χ3n) is 4.63. The third kappa shape index (κ3) is 7.99. The lowest BCUT2D eigenvalue weighted by molar-refractivity contribution is -0.123. The molecular formula is C21H35N5O. The molecule has 0 radical (unpaired) electrons. The van der Waals surface area contributed by atoms with Gasteiger partial charge in [0.1, 0.15) is 0 Å². The van der Waals surface area contributed by atoms with Crippen LogP contribution in [0.3, 0.4) is 0 Å². The van der Waals surface area contributed by atoms with Gasteiger partial charge in [-0.1, -0.05) is 38.1 Å². The summed E-state index contributed by atoms with van der Waals surface area (Å²) in [6.45, 7) is 12.0. The Morgan fingerprint density at radius 2 is 1.67 bits per heavy atom. The van der Waals surface area contributed by atoms with Gasteiger partial charge in [-0.3, -0.25) is 9.69 Å². The molecule has 3 N–H and O–H groups in total. The van der Waals surface area contributed by atoms with E-state index in [4.69, 9.17) is 0 Å². The molecule has 1 aliphatic rings. The third-order valence-corrected chi connectivity index (χ3v) is 4.63. The Labute approximate surface area is 163 Å². The Balaban J connectivity index is 1.78. The maximum atomic E-state index is 11.6. The van der Waals surface area contributed by atoms with Crippen molar-refractivity contribution in [3.63, 3.8) is 0 Å². The highest BCUT2D eigenvalue weighted by atomic mass is 16.1. The van der Waals surface area contributed by atoms with Gasteiger partial charge in [-0.2, -0.15) is 0 Å². The summed E-state index contributed by atoms with van der Waals surface area (Å²) in [6.07, 6.45) is 2.66. The number of aliphatic imine (C=N–C) groups is 1. The van der Waals surface area contributed by atoms with Gasteiger partial charge >= 0.3 is 0 Å². The van der Waals surface area contributed by atoms with Crippen molar-refractivity contribution in [2.24, 2.45) is 10.9 Å². The fourth-order valence-corrected chi connectivity index (χ4v) is 3.03. The van der Waals surface area contributed by atoms with Crippen LogP contribution in [0.25, 0.3) is 0 Å². The molecule has 0 unspecified atom stereocenters. The van der Waals surface area contributed by atoms with Crippen molar-refractivity contribution in [1.82, 2.24) is 20.9 Å². The van der Waals surface area contributed by atoms with Gasteiger partial charge < -0.3 is 16.0 Å². The van der Waals surface area contributed by atoms with Crippen LogP contribution in [0.4, 0.5) is 0 Å². The number of likely N-dealkylation sites (tertiary alicyclic amines) is 1. The molecule has 0 spiro atoms. The number of nitrogens with one attached hydrogen (secondary N) is 3. The van der Waals surface area contributed by atoms with Crippen LogP contribution < -0.4 is 16.0 Å². The van der Waals surface area contributed by atoms with Crippen molar-refractivity contribution >= 4 is 11.9 Å². The van der Waals surface area contributed by atoms with Crippen LogP contribution in [-0.4, -0.2) is 49.5 Å². The second-order valence-electron chi connectivity index (χ2n) is 7.37. The number of rotatable bonds is 9. The fourth-order valence-electron chi connectivity index (χ4n) is 3.03. The van der Waals surface area contributed by atoms with E-state index in [1.807, 2.05) is 20.8 Å². The molecule has 0 saturated carbocycles. The molecule has 150 valence electrons. The van der Waals surface area contributed by atoms with Crippen molar-refractivity contribution < 1.29 is 4.79 Å². The molecule has 2 rings (SSSR count). The van der Waals surface area contributed by atoms with Gasteiger partial charge in [0.15, 0.2) is 5.96 Å². The Morgan fingerprint density at radius 3 is 2.30 bits per heavy atom. The minimum atomic E-state index is 0.0142. The van der Waals surface area contributed by atoms with Crippen LogP contribution in [0.2, 0.25) is 0 Å². The quantitative estimate of drug-likeness (QED) is 0.352. The highest BCUT2D eigenvalue weighted by Gasteiger charge is 2.11. The molecule has 0 aliphatic carbocycles. The van der Waals surface area contributed by atoms with Crippen molar-refractivity contribution in [1.29, 1.82) is 0 Å². The van der Waals surface area contributed by atoms with Crippen molar-refractivity contribution in [2.75, 3.05) is 32.7 Å². The smallest absolute Gasteiger partial charge is 0.222 e. The van der Waals surface area contributed by atoms with Gasteiger partial charge in [-0.15, -0.1) is 0 Å². The topological polar surface area (TPSA) is 68.8 Å². The lowest BCUT2D eigenvalue weighted by Crippen LogP contribution is -2.42. The molecule has 1 aromatic carbocycles. The minimum absolute atomic E-state index is 0.0142. The van der Waals surface area contributed by atoms with Crippen LogP contribution in [0.5, 0.6) is 0 Å². The maximum absolute atomic E-state index is 11.6. The van der Waals surface area contributed by atoms with Gasteiger partial charge in [0.05, 0.1) is 6.54 Å². The van der Waals surface area contributed by atoms with E-state index < -0.39 is 0 Å². The maximum Gasteiger partial charge on any atom is 0.222 e. The molecule has 1 amide bonds. The summed E-state index contributed by atoms with van der Waals surface area (Å²) in [6, 6.07) is 8.76. The molecule has 1 fully saturated rings. The van der Waals surface area contributed by atoms with Gasteiger partial charge in [0.2, 0.25) is 5.91 Å². The number of amides is 1. The van der Waals surface area contributed by atoms with E-state index in [9.17, 15) is 4.79 Å². The van der Waals surface area contributed by atoms with E-state index in [2.05, 4.69) is 50.1 Å². The Bertz CT molecular complexity index is 591. The van der Waals surface area contributed by atoms with Gasteiger partial charge in [-0.05, 0) is 44.0 Å². The summed E-state index contributed by atoms with van der Waals surface area (Å²) in [5.41, 5.74) is 2.57. The van der Waals surface area contributed by atoms with Gasteiger partial charge in [-0.25, -0.2) is 4.99 Å². The SMILES string of the molecule is CCNC(=NCc1ccc(CN2CCCC2)cc1)NCCNC(=O)C(C)C. The number of carbonyl (C=O) groups excluding carboxylic acids is 1. The fraction of sp³-hybridized carbons (Fsp3) is 0.619. The van der Waals surface area contributed by atoms with E-state index in [0.29, 0.717) is 19.6 Å². The molecule has 0 atom stereocenters. The Kier molecular flexibility index (Phi) is 9.11. The zero-order chi connectivity index (χ0) is 19.5. The first kappa shape index (κ1) is 21.2. The summed E-state index contributed by atoms with van der Waals surface area (Å²) in [5.74, 6) is 0.866. The molecular weight excluding hydrogens is 338 g/mol. The van der Waals surface area contributed by atoms with E-state index in [1.54, 1.807) is 0 Å². The van der Waals surface area contributed by atoms with Crippen molar-refractivity contribution in [3.8, 4) is 0 Å². The van der Waals surface area contributed by atoms with Crippen LogP contribution in [-0.2, 0) is 17.9 Å². The van der Waals surface area contributed by atoms with E-state index in [1.165, 1.54) is 37.1 Å². The molecule has 0 aromatic heterocycles. The number of hydrogen-bond donors (Lipinski definition) is 3. The normalized spacial score (nSPS) is 15.2. The van der Waals surface area contributed by atoms with E-state index in [-0.39, 0.29) is 11.8 Å². The lowest BCUT2D eigenvalue weighted by Gasteiger charge is -2.15. The van der Waals surface area contributed by atoms with E-state index >= 15 is 0 Å². The molecule has 1 heterocycles. The molecule has 1 aliphatic heterocycles. The molecule has 1 saturated heterocycles. The summed E-state index contributed by atoms with van der Waals surface area (Å²) in [5, 5.41) is 9.41. The van der Waals surface area contributed by atoms with Gasteiger partial charge in [0.25, 0.3) is 0 Å². The molecule has 0 bridgehead atoms. The average Bonchev–Trinajstić information content (AvgIpc) is 3.17. The monoisotopic (exact) mass is 373 g/mol. The first-order valence-electron chi connectivity index (χ1n) is 10.2. The van der Waals surface area contributed by atoms with Crippen LogP contribution in [0, 0.1) is 5.92 Å². The molecule has 1 aromatic rings. The summed E-state index contributed by atoms with van der Waals surface area (Å²) < 4.78 is 0. The zero-order valence-corrected chi connectivity index (χ0v) is 17.1. The van der Waals surface area contributed by atoms with E-state index in [0.717, 1.165) is 19.0 Å². The average molecular weight is 374 g/mol. The molecule has 27 heavy (non-hydrogen) atoms. The van der Waals surface area contributed by atoms with Gasteiger partial charge in [0, 0.05) is 32.1 Å². The second kappa shape index (κ2) is 11.6. The predicted octanol–water partition coefficient (Wildman–Crippen LogP) is 2.11. The summed E-state index contributed by atoms with van der Waals surface area (Å²) >= 11 is 0. The molecule has 6 heteroatoms. The van der Waals surface area contributed by atoms with Crippen LogP contribution >= 0.6 is 0 Å². The van der Waals surface area contributed by atoms with Crippen molar-refractivity contribution in [3.05, 3.63) is 35.4 Å². The predicted molar refractivity (Wildman–Crippen MR) is 112 cm³/mol. The highest BCUT2D eigenvalue weighted by Crippen LogP contribution is 2.13. The minimum Gasteiger partial charge on any atom is -0.357 e. The van der Waals surface area contributed by atoms with Crippen molar-refractivity contribution in [2.45, 2.75) is 46.7 Å². The Morgan fingerprint density at radius 1 is 1.04 bits per heavy atom. The number of carbonyl (C=O) groups is 1. The standard InChI is InChI=1S/C21H35N5O/c1-4-22-21(24-12-11-23-20(27)17(2)3)25-15-18-7-9-19(10-8-18)16-26-13-5-6-14-26/h7-10,17H,4-6,11-16H2,1-3H3,(H,23,27)(H2,22,24,25). The number of benzene rings is 1. The first-order valence-corrected chi connectivity index (χ1v) is 10.2. The van der Waals surface area contributed by atoms with Crippen LogP contribution in [0.1, 0.15) is 44.7 Å². The summed E-state index contributed by atoms with van der Waals surface area (Å²) in [4.78, 5) is 18.7. The molecule has 6 nitrogen and oxygen atoms in total. The number of nitrogens with zero attached hydrogens (tertiary/aromatic N) is 2. The number of guanidine groups is 1. The second-order valence-corrected chi connectivity index (χ2v) is 7.37. The number of hydrogen-bond acceptors (Lipinski definition) is 3. The summed E-state index contributed by atoms with van der Waals surface area (Å²) in [7, 11) is 0. The first-order chi connectivity index (χ1) is 13.1. The van der Waals surface area contributed by atoms with Crippen LogP contribution in [0.15, 0.2) is 29.3 Å². The largest absolute Gasteiger partial charge is 0.357 e. The highest BCUT2D eigenvalue weighted by molar-refractivity contribution is 5.80.